The van der Waals surface area contributed by atoms with Crippen LogP contribution in [0.4, 0.5) is 0 Å². The maximum absolute atomic E-state index is 12.0. The molecule has 0 saturated carbocycles. The molecule has 1 amide bonds. The van der Waals surface area contributed by atoms with E-state index >= 15 is 0 Å². The fraction of sp³-hybridized carbons (Fsp3) is 0.667. The van der Waals surface area contributed by atoms with Gasteiger partial charge >= 0.3 is 17.9 Å². The molecule has 2 unspecified atom stereocenters. The number of amides is 1. The molecule has 0 radical (unpaired) electrons. The van der Waals surface area contributed by atoms with E-state index in [2.05, 4.69) is 0 Å². The van der Waals surface area contributed by atoms with Gasteiger partial charge in [0, 0.05) is 19.0 Å². The fourth-order valence-electron chi connectivity index (χ4n) is 2.30. The largest absolute Gasteiger partial charge is 0.481 e. The van der Waals surface area contributed by atoms with Crippen LogP contribution in [0.1, 0.15) is 25.7 Å². The molecule has 21 heavy (non-hydrogen) atoms. The number of likely N-dealkylation sites (tertiary alicyclic amines) is 1. The predicted octanol–water partition coefficient (Wildman–Crippen LogP) is -1.05. The van der Waals surface area contributed by atoms with Gasteiger partial charge < -0.3 is 26.0 Å². The number of carboxylic acids is 3. The van der Waals surface area contributed by atoms with Gasteiger partial charge in [-0.3, -0.25) is 14.4 Å². The van der Waals surface area contributed by atoms with Gasteiger partial charge in [-0.05, 0) is 12.8 Å². The van der Waals surface area contributed by atoms with Crippen molar-refractivity contribution in [2.45, 2.75) is 37.8 Å². The summed E-state index contributed by atoms with van der Waals surface area (Å²) in [5.41, 5.74) is 5.53. The molecule has 118 valence electrons. The van der Waals surface area contributed by atoms with Gasteiger partial charge in [-0.2, -0.15) is 0 Å². The first-order chi connectivity index (χ1) is 9.72. The average Bonchev–Trinajstić information content (AvgIpc) is 2.80. The number of carbonyl (C=O) groups is 4. The van der Waals surface area contributed by atoms with E-state index in [1.54, 1.807) is 0 Å². The van der Waals surface area contributed by atoms with E-state index in [0.29, 0.717) is 0 Å². The number of nitrogens with two attached hydrogens (primary N) is 1. The third-order valence-electron chi connectivity index (χ3n) is 3.42. The summed E-state index contributed by atoms with van der Waals surface area (Å²) in [5, 5.41) is 26.5. The van der Waals surface area contributed by atoms with Gasteiger partial charge in [0.1, 0.15) is 6.04 Å². The highest BCUT2D eigenvalue weighted by Crippen LogP contribution is 2.25. The van der Waals surface area contributed by atoms with Gasteiger partial charge in [-0.15, -0.1) is 0 Å². The van der Waals surface area contributed by atoms with E-state index in [0.717, 1.165) is 4.90 Å². The van der Waals surface area contributed by atoms with Crippen molar-refractivity contribution in [1.29, 1.82) is 0 Å². The lowest BCUT2D eigenvalue weighted by Crippen LogP contribution is -2.41. The minimum absolute atomic E-state index is 0.103. The summed E-state index contributed by atoms with van der Waals surface area (Å²) in [6.45, 7) is -0.153. The highest BCUT2D eigenvalue weighted by molar-refractivity contribution is 5.86. The molecular formula is C12H18N2O7. The zero-order valence-electron chi connectivity index (χ0n) is 11.3. The van der Waals surface area contributed by atoms with Crippen LogP contribution in [0, 0.1) is 5.92 Å². The summed E-state index contributed by atoms with van der Waals surface area (Å²) >= 11 is 0. The van der Waals surface area contributed by atoms with Gasteiger partial charge in [0.15, 0.2) is 0 Å². The summed E-state index contributed by atoms with van der Waals surface area (Å²) in [7, 11) is 0. The molecule has 0 aromatic carbocycles. The second-order valence-corrected chi connectivity index (χ2v) is 5.07. The summed E-state index contributed by atoms with van der Waals surface area (Å²) < 4.78 is 0. The third kappa shape index (κ3) is 4.71. The molecule has 1 rings (SSSR count). The average molecular weight is 302 g/mol. The van der Waals surface area contributed by atoms with E-state index in [1.807, 2.05) is 0 Å². The number of rotatable bonds is 7. The third-order valence-corrected chi connectivity index (χ3v) is 3.42. The molecule has 0 aromatic heterocycles. The number of hydrogen-bond acceptors (Lipinski definition) is 5. The Balaban J connectivity index is 2.60. The van der Waals surface area contributed by atoms with Gasteiger partial charge in [0.2, 0.25) is 5.91 Å². The van der Waals surface area contributed by atoms with Crippen LogP contribution >= 0.6 is 0 Å². The zero-order chi connectivity index (χ0) is 16.2. The van der Waals surface area contributed by atoms with E-state index < -0.39 is 41.8 Å². The fourth-order valence-corrected chi connectivity index (χ4v) is 2.30. The molecule has 3 atom stereocenters. The Morgan fingerprint density at radius 2 is 1.76 bits per heavy atom. The van der Waals surface area contributed by atoms with Crippen molar-refractivity contribution in [3.63, 3.8) is 0 Å². The smallest absolute Gasteiger partial charge is 0.326 e. The predicted molar refractivity (Wildman–Crippen MR) is 68.3 cm³/mol. The molecule has 5 N–H and O–H groups in total. The summed E-state index contributed by atoms with van der Waals surface area (Å²) in [6, 6.07) is -1.86. The van der Waals surface area contributed by atoms with E-state index in [-0.39, 0.29) is 32.2 Å². The van der Waals surface area contributed by atoms with Crippen molar-refractivity contribution < 1.29 is 34.5 Å². The maximum Gasteiger partial charge on any atom is 0.326 e. The SMILES string of the molecule is N[C@H](CCC(=O)N1CC(C(=O)O)CC1C(=O)O)CC(=O)O. The van der Waals surface area contributed by atoms with Crippen molar-refractivity contribution in [2.75, 3.05) is 6.54 Å². The van der Waals surface area contributed by atoms with Crippen LogP contribution in [-0.4, -0.2) is 62.7 Å². The second-order valence-electron chi connectivity index (χ2n) is 5.07. The Hall–Kier alpha value is -2.16. The molecular weight excluding hydrogens is 284 g/mol. The first kappa shape index (κ1) is 16.9. The minimum Gasteiger partial charge on any atom is -0.481 e. The number of hydrogen-bond donors (Lipinski definition) is 4. The number of carbonyl (C=O) groups excluding carboxylic acids is 1. The first-order valence-corrected chi connectivity index (χ1v) is 6.44. The Labute approximate surface area is 120 Å². The molecule has 9 heteroatoms. The first-order valence-electron chi connectivity index (χ1n) is 6.44. The van der Waals surface area contributed by atoms with E-state index in [9.17, 15) is 19.2 Å². The Morgan fingerprint density at radius 3 is 2.24 bits per heavy atom. The topological polar surface area (TPSA) is 158 Å². The van der Waals surface area contributed by atoms with Crippen molar-refractivity contribution in [3.05, 3.63) is 0 Å². The molecule has 1 aliphatic rings. The molecule has 0 spiro atoms. The minimum atomic E-state index is -1.25. The highest BCUT2D eigenvalue weighted by Gasteiger charge is 2.42. The van der Waals surface area contributed by atoms with Crippen LogP contribution in [0.25, 0.3) is 0 Å². The lowest BCUT2D eigenvalue weighted by atomic mass is 10.1. The van der Waals surface area contributed by atoms with E-state index in [1.165, 1.54) is 0 Å². The standard InChI is InChI=1S/C12H18N2O7/c13-7(4-10(16)17)1-2-9(15)14-5-6(11(18)19)3-8(14)12(20)21/h6-8H,1-5,13H2,(H,16,17)(H,18,19)(H,20,21)/t6?,7-,8?/m1/s1. The second kappa shape index (κ2) is 7.02. The van der Waals surface area contributed by atoms with Crippen LogP contribution < -0.4 is 5.73 Å². The lowest BCUT2D eigenvalue weighted by Gasteiger charge is -2.22. The number of aliphatic carboxylic acids is 3. The van der Waals surface area contributed by atoms with Gasteiger partial charge in [0.25, 0.3) is 0 Å². The van der Waals surface area contributed by atoms with Crippen LogP contribution in [-0.2, 0) is 19.2 Å². The molecule has 0 bridgehead atoms. The monoisotopic (exact) mass is 302 g/mol. The Morgan fingerprint density at radius 1 is 1.14 bits per heavy atom. The molecule has 1 aliphatic heterocycles. The van der Waals surface area contributed by atoms with E-state index in [4.69, 9.17) is 21.1 Å². The van der Waals surface area contributed by atoms with Crippen molar-refractivity contribution >= 4 is 23.8 Å². The normalized spacial score (nSPS) is 22.8. The van der Waals surface area contributed by atoms with Crippen LogP contribution in [0.3, 0.4) is 0 Å². The van der Waals surface area contributed by atoms with Gasteiger partial charge in [-0.1, -0.05) is 0 Å². The molecule has 1 heterocycles. The summed E-state index contributed by atoms with van der Waals surface area (Å²) in [5.74, 6) is -4.89. The lowest BCUT2D eigenvalue weighted by molar-refractivity contribution is -0.148. The van der Waals surface area contributed by atoms with Crippen LogP contribution in [0.15, 0.2) is 0 Å². The van der Waals surface area contributed by atoms with Crippen molar-refractivity contribution in [3.8, 4) is 0 Å². The van der Waals surface area contributed by atoms with Crippen molar-refractivity contribution in [1.82, 2.24) is 4.90 Å². The number of carboxylic acid groups (broad SMARTS) is 3. The Kier molecular flexibility index (Phi) is 5.65. The van der Waals surface area contributed by atoms with Gasteiger partial charge in [-0.25, -0.2) is 4.79 Å². The van der Waals surface area contributed by atoms with Crippen molar-refractivity contribution in [2.24, 2.45) is 11.7 Å². The maximum atomic E-state index is 12.0. The molecule has 0 aromatic rings. The zero-order valence-corrected chi connectivity index (χ0v) is 11.3. The van der Waals surface area contributed by atoms with Crippen LogP contribution in [0.2, 0.25) is 0 Å². The summed E-state index contributed by atoms with van der Waals surface area (Å²) in [4.78, 5) is 45.4. The summed E-state index contributed by atoms with van der Waals surface area (Å²) in [6.07, 6.45) is -0.415. The van der Waals surface area contributed by atoms with Gasteiger partial charge in [0.05, 0.1) is 12.3 Å². The molecule has 1 fully saturated rings. The number of nitrogens with zero attached hydrogens (tertiary/aromatic N) is 1. The van der Waals surface area contributed by atoms with Crippen LogP contribution in [0.5, 0.6) is 0 Å². The molecule has 1 saturated heterocycles. The molecule has 9 nitrogen and oxygen atoms in total. The highest BCUT2D eigenvalue weighted by atomic mass is 16.4. The Bertz CT molecular complexity index is 451. The molecule has 0 aliphatic carbocycles. The quantitative estimate of drug-likeness (QED) is 0.464.